The molecular weight excluding hydrogens is 390 g/mol. The molecule has 0 spiro atoms. The molecule has 7 nitrogen and oxygen atoms in total. The predicted octanol–water partition coefficient (Wildman–Crippen LogP) is 4.34. The van der Waals surface area contributed by atoms with E-state index in [0.717, 1.165) is 47.7 Å². The summed E-state index contributed by atoms with van der Waals surface area (Å²) in [6.45, 7) is 1.43. The number of nitrogens with one attached hydrogen (secondary N) is 1. The molecule has 2 aliphatic heterocycles. The lowest BCUT2D eigenvalue weighted by Gasteiger charge is -2.26. The summed E-state index contributed by atoms with van der Waals surface area (Å²) in [7, 11) is 0. The minimum atomic E-state index is -0.417. The summed E-state index contributed by atoms with van der Waals surface area (Å²) in [5.41, 5.74) is 4.96. The number of anilines is 1. The van der Waals surface area contributed by atoms with Gasteiger partial charge in [0.05, 0.1) is 17.9 Å². The molecule has 2 aromatic carbocycles. The molecule has 1 saturated heterocycles. The van der Waals surface area contributed by atoms with Gasteiger partial charge in [-0.25, -0.2) is 14.3 Å². The van der Waals surface area contributed by atoms with Crippen LogP contribution in [0.4, 0.5) is 10.6 Å². The Hall–Kier alpha value is -3.87. The van der Waals surface area contributed by atoms with Crippen molar-refractivity contribution in [3.63, 3.8) is 0 Å². The third-order valence-corrected chi connectivity index (χ3v) is 6.06. The highest BCUT2D eigenvalue weighted by Gasteiger charge is 2.27. The van der Waals surface area contributed by atoms with Crippen molar-refractivity contribution in [1.29, 1.82) is 0 Å². The number of imidazole rings is 1. The van der Waals surface area contributed by atoms with Crippen LogP contribution in [-0.2, 0) is 6.54 Å². The van der Waals surface area contributed by atoms with Crippen molar-refractivity contribution in [2.45, 2.75) is 25.4 Å². The van der Waals surface area contributed by atoms with Crippen LogP contribution in [-0.4, -0.2) is 27.2 Å². The number of hydrogen-bond acceptors (Lipinski definition) is 5. The molecule has 1 N–H and O–H groups in total. The Bertz CT molecular complexity index is 1280. The standard InChI is InChI=1S/C24H21N5O2/c30-24-26-14-18-13-17(8-9-21(18)31-24)20-15-25-22-10-11-23(27-29(20)22)28-12-4-7-19(28)16-5-2-1-3-6-16/h1-3,5-6,8-11,13,15,19H,4,7,12,14H2,(H,26,30). The molecule has 1 fully saturated rings. The topological polar surface area (TPSA) is 71.8 Å². The Balaban J connectivity index is 1.39. The second-order valence-corrected chi connectivity index (χ2v) is 7.93. The van der Waals surface area contributed by atoms with E-state index in [-0.39, 0.29) is 0 Å². The highest BCUT2D eigenvalue weighted by atomic mass is 16.6. The summed E-state index contributed by atoms with van der Waals surface area (Å²) in [5, 5.41) is 7.68. The lowest BCUT2D eigenvalue weighted by Crippen LogP contribution is -2.31. The molecule has 0 aliphatic carbocycles. The zero-order chi connectivity index (χ0) is 20.8. The zero-order valence-corrected chi connectivity index (χ0v) is 16.9. The Labute approximate surface area is 179 Å². The molecule has 1 atom stereocenters. The quantitative estimate of drug-likeness (QED) is 0.543. The van der Waals surface area contributed by atoms with Gasteiger partial charge < -0.3 is 15.0 Å². The summed E-state index contributed by atoms with van der Waals surface area (Å²) >= 11 is 0. The first-order valence-corrected chi connectivity index (χ1v) is 10.5. The molecule has 2 aliphatic rings. The fourth-order valence-electron chi connectivity index (χ4n) is 4.56. The zero-order valence-electron chi connectivity index (χ0n) is 16.9. The molecule has 31 heavy (non-hydrogen) atoms. The third-order valence-electron chi connectivity index (χ3n) is 6.06. The first kappa shape index (κ1) is 17.9. The molecule has 4 aromatic rings. The minimum absolute atomic E-state index is 0.336. The number of ether oxygens (including phenoxy) is 1. The summed E-state index contributed by atoms with van der Waals surface area (Å²) < 4.78 is 7.14. The number of carbonyl (C=O) groups is 1. The van der Waals surface area contributed by atoms with E-state index in [4.69, 9.17) is 9.84 Å². The number of carbonyl (C=O) groups excluding carboxylic acids is 1. The fraction of sp³-hybridized carbons (Fsp3) is 0.208. The highest BCUT2D eigenvalue weighted by Crippen LogP contribution is 2.35. The van der Waals surface area contributed by atoms with Crippen molar-refractivity contribution in [1.82, 2.24) is 19.9 Å². The number of aromatic nitrogens is 3. The molecule has 154 valence electrons. The summed E-state index contributed by atoms with van der Waals surface area (Å²) in [6, 6.07) is 20.8. The van der Waals surface area contributed by atoms with E-state index < -0.39 is 6.09 Å². The number of fused-ring (bicyclic) bond motifs is 2. The van der Waals surface area contributed by atoms with Crippen LogP contribution >= 0.6 is 0 Å². The first-order valence-electron chi connectivity index (χ1n) is 10.5. The van der Waals surface area contributed by atoms with E-state index in [2.05, 4.69) is 51.6 Å². The first-order chi connectivity index (χ1) is 15.3. The van der Waals surface area contributed by atoms with Crippen LogP contribution < -0.4 is 15.0 Å². The van der Waals surface area contributed by atoms with Gasteiger partial charge in [-0.1, -0.05) is 30.3 Å². The van der Waals surface area contributed by atoms with Crippen molar-refractivity contribution in [2.75, 3.05) is 11.4 Å². The second kappa shape index (κ2) is 7.12. The second-order valence-electron chi connectivity index (χ2n) is 7.93. The fourth-order valence-corrected chi connectivity index (χ4v) is 4.56. The van der Waals surface area contributed by atoms with Gasteiger partial charge >= 0.3 is 6.09 Å². The SMILES string of the molecule is O=C1NCc2cc(-c3cnc4ccc(N5CCCC5c5ccccc5)nn34)ccc2O1. The summed E-state index contributed by atoms with van der Waals surface area (Å²) in [6.07, 6.45) is 3.69. The van der Waals surface area contributed by atoms with Gasteiger partial charge in [-0.05, 0) is 48.7 Å². The van der Waals surface area contributed by atoms with Gasteiger partial charge in [-0.15, -0.1) is 5.10 Å². The van der Waals surface area contributed by atoms with Crippen molar-refractivity contribution in [3.05, 3.63) is 78.0 Å². The van der Waals surface area contributed by atoms with Gasteiger partial charge in [0.15, 0.2) is 5.65 Å². The average molecular weight is 411 g/mol. The van der Waals surface area contributed by atoms with Crippen molar-refractivity contribution >= 4 is 17.6 Å². The Morgan fingerprint density at radius 2 is 1.97 bits per heavy atom. The summed E-state index contributed by atoms with van der Waals surface area (Å²) in [5.74, 6) is 1.55. The molecule has 4 heterocycles. The van der Waals surface area contributed by atoms with E-state index in [1.165, 1.54) is 5.56 Å². The van der Waals surface area contributed by atoms with Crippen LogP contribution in [0.2, 0.25) is 0 Å². The van der Waals surface area contributed by atoms with Crippen LogP contribution in [0.5, 0.6) is 5.75 Å². The number of hydrogen-bond donors (Lipinski definition) is 1. The normalized spacial score (nSPS) is 18.0. The van der Waals surface area contributed by atoms with Gasteiger partial charge in [0.2, 0.25) is 0 Å². The maximum Gasteiger partial charge on any atom is 0.412 e. The Morgan fingerprint density at radius 3 is 2.87 bits per heavy atom. The number of amides is 1. The van der Waals surface area contributed by atoms with Crippen molar-refractivity contribution < 1.29 is 9.53 Å². The van der Waals surface area contributed by atoms with Gasteiger partial charge in [0, 0.05) is 24.2 Å². The lowest BCUT2D eigenvalue weighted by atomic mass is 10.0. The lowest BCUT2D eigenvalue weighted by molar-refractivity contribution is 0.194. The van der Waals surface area contributed by atoms with Crippen LogP contribution in [0.15, 0.2) is 66.9 Å². The van der Waals surface area contributed by atoms with Crippen LogP contribution in [0.25, 0.3) is 16.9 Å². The van der Waals surface area contributed by atoms with E-state index in [0.29, 0.717) is 18.3 Å². The number of benzene rings is 2. The smallest absolute Gasteiger partial charge is 0.410 e. The van der Waals surface area contributed by atoms with E-state index in [1.54, 1.807) is 0 Å². The minimum Gasteiger partial charge on any atom is -0.410 e. The Morgan fingerprint density at radius 1 is 1.06 bits per heavy atom. The predicted molar refractivity (Wildman–Crippen MR) is 117 cm³/mol. The van der Waals surface area contributed by atoms with Gasteiger partial charge in [-0.3, -0.25) is 0 Å². The molecule has 7 heteroatoms. The van der Waals surface area contributed by atoms with Crippen molar-refractivity contribution in [3.8, 4) is 17.0 Å². The van der Waals surface area contributed by atoms with Gasteiger partial charge in [0.25, 0.3) is 0 Å². The highest BCUT2D eigenvalue weighted by molar-refractivity contribution is 5.74. The molecule has 0 radical (unpaired) electrons. The molecule has 0 bridgehead atoms. The summed E-state index contributed by atoms with van der Waals surface area (Å²) in [4.78, 5) is 18.4. The van der Waals surface area contributed by atoms with E-state index in [1.807, 2.05) is 35.0 Å². The third kappa shape index (κ3) is 3.09. The monoisotopic (exact) mass is 411 g/mol. The Kier molecular flexibility index (Phi) is 4.12. The number of rotatable bonds is 3. The van der Waals surface area contributed by atoms with Gasteiger partial charge in [-0.2, -0.15) is 0 Å². The molecule has 1 unspecified atom stereocenters. The van der Waals surface area contributed by atoms with Crippen molar-refractivity contribution in [2.24, 2.45) is 0 Å². The van der Waals surface area contributed by atoms with E-state index >= 15 is 0 Å². The molecular formula is C24H21N5O2. The molecule has 1 amide bonds. The van der Waals surface area contributed by atoms with Gasteiger partial charge in [0.1, 0.15) is 11.6 Å². The molecule has 6 rings (SSSR count). The van der Waals surface area contributed by atoms with Crippen LogP contribution in [0, 0.1) is 0 Å². The molecule has 2 aromatic heterocycles. The largest absolute Gasteiger partial charge is 0.412 e. The van der Waals surface area contributed by atoms with Crippen LogP contribution in [0.1, 0.15) is 30.0 Å². The maximum absolute atomic E-state index is 11.4. The molecule has 0 saturated carbocycles. The van der Waals surface area contributed by atoms with E-state index in [9.17, 15) is 4.79 Å². The number of nitrogens with zero attached hydrogens (tertiary/aromatic N) is 4. The van der Waals surface area contributed by atoms with Crippen LogP contribution in [0.3, 0.4) is 0 Å². The maximum atomic E-state index is 11.4. The average Bonchev–Trinajstić information content (AvgIpc) is 3.46.